The maximum Gasteiger partial charge on any atom is 0.295 e. The van der Waals surface area contributed by atoms with E-state index >= 15 is 0 Å². The Balaban J connectivity index is 2.22. The minimum absolute atomic E-state index is 0.193. The third-order valence-electron chi connectivity index (χ3n) is 4.06. The highest BCUT2D eigenvalue weighted by atomic mass is 32.2. The summed E-state index contributed by atoms with van der Waals surface area (Å²) in [4.78, 5) is 12.2. The molecule has 0 unspecified atom stereocenters. The molecule has 0 amide bonds. The number of carbonyl (C=O) groups is 1. The second-order valence-electron chi connectivity index (χ2n) is 5.91. The quantitative estimate of drug-likeness (QED) is 0.426. The molecule has 2 aromatic carbocycles. The zero-order chi connectivity index (χ0) is 18.7. The van der Waals surface area contributed by atoms with E-state index in [1.807, 2.05) is 30.3 Å². The summed E-state index contributed by atoms with van der Waals surface area (Å²) < 4.78 is 34.8. The number of hydrogen-bond acceptors (Lipinski definition) is 3. The molecule has 0 aliphatic rings. The molecule has 6 heteroatoms. The second-order valence-corrected chi connectivity index (χ2v) is 7.30. The van der Waals surface area contributed by atoms with Crippen molar-refractivity contribution in [3.63, 3.8) is 0 Å². The number of carbonyl (C=O) groups excluding carboxylic acids is 1. The van der Waals surface area contributed by atoms with Gasteiger partial charge in [-0.05, 0) is 12.1 Å². The highest BCUT2D eigenvalue weighted by Gasteiger charge is 2.26. The van der Waals surface area contributed by atoms with Gasteiger partial charge in [0.25, 0.3) is 15.8 Å². The Morgan fingerprint density at radius 2 is 1.54 bits per heavy atom. The van der Waals surface area contributed by atoms with E-state index < -0.39 is 10.1 Å². The molecule has 0 saturated carbocycles. The average molecular weight is 368 g/mol. The van der Waals surface area contributed by atoms with Crippen molar-refractivity contribution in [1.29, 1.82) is 0 Å². The molecule has 5 nitrogen and oxygen atoms in total. The van der Waals surface area contributed by atoms with E-state index in [2.05, 4.69) is 0 Å². The molecule has 0 radical (unpaired) electrons. The molecule has 0 aliphatic heterocycles. The van der Waals surface area contributed by atoms with Crippen LogP contribution in [-0.4, -0.2) is 18.8 Å². The topological polar surface area (TPSA) is 75.3 Å². The van der Waals surface area contributed by atoms with Crippen molar-refractivity contribution in [3.8, 4) is 11.1 Å². The number of benzene rings is 2. The first-order chi connectivity index (χ1) is 12.4. The minimum atomic E-state index is -4.42. The van der Waals surface area contributed by atoms with Gasteiger partial charge in [-0.15, -0.1) is 0 Å². The maximum atomic E-state index is 12.4. The van der Waals surface area contributed by atoms with Gasteiger partial charge in [0.05, 0.1) is 5.56 Å². The summed E-state index contributed by atoms with van der Waals surface area (Å²) in [7, 11) is -4.42. The van der Waals surface area contributed by atoms with Crippen LogP contribution in [0.5, 0.6) is 0 Å². The van der Waals surface area contributed by atoms with Crippen LogP contribution < -0.4 is 4.57 Å². The number of pyridine rings is 1. The highest BCUT2D eigenvalue weighted by molar-refractivity contribution is 7.86. The number of hydrogen-bond donors (Lipinski definition) is 1. The van der Waals surface area contributed by atoms with Gasteiger partial charge in [-0.1, -0.05) is 48.5 Å². The number of nitrogens with zero attached hydrogens (tertiary/aromatic N) is 1. The van der Waals surface area contributed by atoms with E-state index in [9.17, 15) is 17.8 Å². The smallest absolute Gasteiger partial charge is 0.288 e. The monoisotopic (exact) mass is 368 g/mol. The maximum absolute atomic E-state index is 12.4. The summed E-state index contributed by atoms with van der Waals surface area (Å²) in [5.74, 6) is -0.193. The van der Waals surface area contributed by atoms with Crippen LogP contribution in [-0.2, 0) is 16.7 Å². The average Bonchev–Trinajstić information content (AvgIpc) is 2.61. The molecule has 0 saturated heterocycles. The first-order valence-electron chi connectivity index (χ1n) is 8.02. The lowest BCUT2D eigenvalue weighted by molar-refractivity contribution is -0.689. The van der Waals surface area contributed by atoms with E-state index in [-0.39, 0.29) is 10.7 Å². The normalized spacial score (nSPS) is 11.3. The van der Waals surface area contributed by atoms with Crippen molar-refractivity contribution in [2.24, 2.45) is 0 Å². The van der Waals surface area contributed by atoms with E-state index in [1.54, 1.807) is 35.0 Å². The van der Waals surface area contributed by atoms with Crippen molar-refractivity contribution in [1.82, 2.24) is 0 Å². The predicted octanol–water partition coefficient (Wildman–Crippen LogP) is 3.14. The summed E-state index contributed by atoms with van der Waals surface area (Å²) in [6.07, 6.45) is 1.78. The molecule has 3 aromatic rings. The number of ketones is 1. The van der Waals surface area contributed by atoms with Crippen LogP contribution >= 0.6 is 0 Å². The predicted molar refractivity (Wildman–Crippen MR) is 97.4 cm³/mol. The van der Waals surface area contributed by atoms with E-state index in [0.717, 1.165) is 5.56 Å². The molecule has 1 N–H and O–H groups in total. The van der Waals surface area contributed by atoms with Crippen LogP contribution in [0.25, 0.3) is 11.1 Å². The SMILES string of the molecule is CC(=O)c1c(-c2ccccc2S(=O)(=O)O)ccc[n+]1Cc1ccccc1. The Morgan fingerprint density at radius 1 is 0.923 bits per heavy atom. The number of aromatic nitrogens is 1. The fourth-order valence-corrected chi connectivity index (χ4v) is 3.69. The van der Waals surface area contributed by atoms with Crippen LogP contribution in [0.15, 0.2) is 77.8 Å². The standard InChI is InChI=1S/C20H17NO4S/c1-15(22)20-18(17-10-5-6-12-19(17)26(23,24)25)11-7-13-21(20)14-16-8-3-2-4-9-16/h2-13H,14H2,1H3/p+1. The van der Waals surface area contributed by atoms with Gasteiger partial charge < -0.3 is 0 Å². The Labute approximate surface area is 152 Å². The minimum Gasteiger partial charge on any atom is -0.288 e. The molecule has 132 valence electrons. The second kappa shape index (κ2) is 7.19. The van der Waals surface area contributed by atoms with Crippen LogP contribution in [0.2, 0.25) is 0 Å². The van der Waals surface area contributed by atoms with Crippen LogP contribution in [0.3, 0.4) is 0 Å². The number of rotatable bonds is 5. The molecule has 1 aromatic heterocycles. The van der Waals surface area contributed by atoms with Crippen molar-refractivity contribution >= 4 is 15.9 Å². The largest absolute Gasteiger partial charge is 0.295 e. The van der Waals surface area contributed by atoms with Gasteiger partial charge in [0.15, 0.2) is 12.7 Å². The van der Waals surface area contributed by atoms with Gasteiger partial charge >= 0.3 is 0 Å². The van der Waals surface area contributed by atoms with Crippen LogP contribution in [0.4, 0.5) is 0 Å². The fraction of sp³-hybridized carbons (Fsp3) is 0.100. The fourth-order valence-electron chi connectivity index (χ4n) is 2.99. The van der Waals surface area contributed by atoms with Crippen molar-refractivity contribution in [3.05, 3.63) is 84.2 Å². The lowest BCUT2D eigenvalue weighted by Crippen LogP contribution is -2.40. The summed E-state index contributed by atoms with van der Waals surface area (Å²) in [6, 6.07) is 19.2. The van der Waals surface area contributed by atoms with Crippen molar-refractivity contribution in [2.75, 3.05) is 0 Å². The summed E-state index contributed by atoms with van der Waals surface area (Å²) in [5, 5.41) is 0. The molecular weight excluding hydrogens is 350 g/mol. The highest BCUT2D eigenvalue weighted by Crippen LogP contribution is 2.29. The molecule has 3 rings (SSSR count). The van der Waals surface area contributed by atoms with E-state index in [4.69, 9.17) is 0 Å². The van der Waals surface area contributed by atoms with Crippen molar-refractivity contribution in [2.45, 2.75) is 18.4 Å². The molecule has 0 aliphatic carbocycles. The molecule has 0 fully saturated rings. The summed E-state index contributed by atoms with van der Waals surface area (Å²) >= 11 is 0. The molecule has 1 heterocycles. The van der Waals surface area contributed by atoms with Crippen LogP contribution in [0.1, 0.15) is 23.0 Å². The Kier molecular flexibility index (Phi) is 4.97. The van der Waals surface area contributed by atoms with E-state index in [0.29, 0.717) is 23.4 Å². The third-order valence-corrected chi connectivity index (χ3v) is 4.97. The zero-order valence-corrected chi connectivity index (χ0v) is 15.0. The first-order valence-corrected chi connectivity index (χ1v) is 9.46. The Bertz CT molecular complexity index is 1060. The Hall–Kier alpha value is -2.83. The van der Waals surface area contributed by atoms with Gasteiger partial charge in [-0.3, -0.25) is 9.35 Å². The first kappa shape index (κ1) is 18.0. The van der Waals surface area contributed by atoms with Crippen molar-refractivity contribution < 1.29 is 22.3 Å². The lowest BCUT2D eigenvalue weighted by Gasteiger charge is -2.10. The third kappa shape index (κ3) is 3.71. The lowest BCUT2D eigenvalue weighted by atomic mass is 10.0. The molecular formula is C20H18NO4S+. The molecule has 0 spiro atoms. The van der Waals surface area contributed by atoms with Gasteiger partial charge in [0.2, 0.25) is 5.78 Å². The summed E-state index contributed by atoms with van der Waals surface area (Å²) in [6.45, 7) is 1.91. The van der Waals surface area contributed by atoms with E-state index in [1.165, 1.54) is 19.1 Å². The summed E-state index contributed by atoms with van der Waals surface area (Å²) in [5.41, 5.74) is 2.15. The number of Topliss-reactive ketones (excluding diaryl/α,β-unsaturated/α-hetero) is 1. The van der Waals surface area contributed by atoms with Crippen LogP contribution in [0, 0.1) is 0 Å². The van der Waals surface area contributed by atoms with Gasteiger partial charge in [0, 0.05) is 24.1 Å². The zero-order valence-electron chi connectivity index (χ0n) is 14.2. The Morgan fingerprint density at radius 3 is 2.19 bits per heavy atom. The van der Waals surface area contributed by atoms with Gasteiger partial charge in [-0.2, -0.15) is 13.0 Å². The van der Waals surface area contributed by atoms with Gasteiger partial charge in [0.1, 0.15) is 4.90 Å². The molecule has 26 heavy (non-hydrogen) atoms. The van der Waals surface area contributed by atoms with Gasteiger partial charge in [-0.25, -0.2) is 0 Å². The molecule has 0 atom stereocenters. The molecule has 0 bridgehead atoms.